The predicted octanol–water partition coefficient (Wildman–Crippen LogP) is 2.01. The second kappa shape index (κ2) is 7.39. The van der Waals surface area contributed by atoms with Gasteiger partial charge in [0, 0.05) is 38.8 Å². The van der Waals surface area contributed by atoms with Gasteiger partial charge in [0.2, 0.25) is 23.9 Å². The predicted molar refractivity (Wildman–Crippen MR) is 102 cm³/mol. The van der Waals surface area contributed by atoms with Crippen molar-refractivity contribution >= 4 is 11.6 Å². The fourth-order valence-corrected chi connectivity index (χ4v) is 3.35. The van der Waals surface area contributed by atoms with E-state index in [4.69, 9.17) is 4.52 Å². The van der Waals surface area contributed by atoms with Crippen LogP contribution in [0.5, 0.6) is 0 Å². The van der Waals surface area contributed by atoms with E-state index in [1.54, 1.807) is 11.6 Å². The second-order valence-corrected chi connectivity index (χ2v) is 6.90. The number of piperazine rings is 1. The standard InChI is InChI=1S/C18H21N7O3/c1-13-3-5-14(6-4-13)16-20-15(28-21-16)11-23-7-9-24(10-8-23)18-17(25(26)27)19-12-22(18)2/h3-6,12H,7-11H2,1-2H3. The Morgan fingerprint density at radius 1 is 1.18 bits per heavy atom. The Morgan fingerprint density at radius 3 is 2.57 bits per heavy atom. The molecule has 1 aliphatic heterocycles. The smallest absolute Gasteiger partial charge is 0.358 e. The summed E-state index contributed by atoms with van der Waals surface area (Å²) in [6.45, 7) is 5.40. The van der Waals surface area contributed by atoms with Gasteiger partial charge in [-0.25, -0.2) is 0 Å². The molecule has 1 saturated heterocycles. The van der Waals surface area contributed by atoms with Crippen molar-refractivity contribution < 1.29 is 9.45 Å². The largest absolute Gasteiger partial charge is 0.406 e. The van der Waals surface area contributed by atoms with Crippen LogP contribution in [0.1, 0.15) is 11.5 Å². The minimum Gasteiger partial charge on any atom is -0.358 e. The molecular formula is C18H21N7O3. The van der Waals surface area contributed by atoms with E-state index in [1.165, 1.54) is 11.9 Å². The summed E-state index contributed by atoms with van der Waals surface area (Å²) in [7, 11) is 1.77. The molecule has 0 amide bonds. The molecule has 0 unspecified atom stereocenters. The van der Waals surface area contributed by atoms with Crippen molar-refractivity contribution in [3.05, 3.63) is 52.2 Å². The highest BCUT2D eigenvalue weighted by Crippen LogP contribution is 2.27. The first kappa shape index (κ1) is 18.1. The first-order valence-electron chi connectivity index (χ1n) is 9.04. The van der Waals surface area contributed by atoms with Crippen molar-refractivity contribution in [1.82, 2.24) is 24.6 Å². The molecule has 0 aliphatic carbocycles. The van der Waals surface area contributed by atoms with Gasteiger partial charge in [-0.3, -0.25) is 9.47 Å². The van der Waals surface area contributed by atoms with Crippen molar-refractivity contribution in [2.45, 2.75) is 13.5 Å². The molecule has 0 atom stereocenters. The fourth-order valence-electron chi connectivity index (χ4n) is 3.35. The maximum Gasteiger partial charge on any atom is 0.406 e. The Bertz CT molecular complexity index is 971. The van der Waals surface area contributed by atoms with E-state index in [1.807, 2.05) is 36.1 Å². The van der Waals surface area contributed by atoms with E-state index >= 15 is 0 Å². The summed E-state index contributed by atoms with van der Waals surface area (Å²) in [6, 6.07) is 7.98. The van der Waals surface area contributed by atoms with Gasteiger partial charge in [-0.15, -0.1) is 0 Å². The number of hydrogen-bond donors (Lipinski definition) is 0. The summed E-state index contributed by atoms with van der Waals surface area (Å²) < 4.78 is 7.10. The van der Waals surface area contributed by atoms with E-state index in [0.717, 1.165) is 18.7 Å². The lowest BCUT2D eigenvalue weighted by molar-refractivity contribution is -0.388. The van der Waals surface area contributed by atoms with Crippen LogP contribution in [0.3, 0.4) is 0 Å². The Morgan fingerprint density at radius 2 is 1.89 bits per heavy atom. The molecule has 0 radical (unpaired) electrons. The number of rotatable bonds is 5. The highest BCUT2D eigenvalue weighted by atomic mass is 16.6. The van der Waals surface area contributed by atoms with Crippen molar-refractivity contribution in [1.29, 1.82) is 0 Å². The Labute approximate surface area is 161 Å². The number of benzene rings is 1. The number of aryl methyl sites for hydroxylation is 2. The number of aromatic nitrogens is 4. The Balaban J connectivity index is 1.38. The zero-order chi connectivity index (χ0) is 19.7. The van der Waals surface area contributed by atoms with E-state index in [9.17, 15) is 10.1 Å². The zero-order valence-electron chi connectivity index (χ0n) is 15.8. The molecule has 0 bridgehead atoms. The third-order valence-electron chi connectivity index (χ3n) is 4.87. The van der Waals surface area contributed by atoms with E-state index in [0.29, 0.717) is 37.2 Å². The fraction of sp³-hybridized carbons (Fsp3) is 0.389. The van der Waals surface area contributed by atoms with Gasteiger partial charge in [0.25, 0.3) is 0 Å². The van der Waals surface area contributed by atoms with E-state index < -0.39 is 4.92 Å². The van der Waals surface area contributed by atoms with Crippen LogP contribution < -0.4 is 4.90 Å². The van der Waals surface area contributed by atoms with Crippen LogP contribution in [0, 0.1) is 17.0 Å². The summed E-state index contributed by atoms with van der Waals surface area (Å²) in [5.41, 5.74) is 2.10. The summed E-state index contributed by atoms with van der Waals surface area (Å²) in [6.07, 6.45) is 1.48. The van der Waals surface area contributed by atoms with E-state index in [2.05, 4.69) is 20.0 Å². The summed E-state index contributed by atoms with van der Waals surface area (Å²) in [4.78, 5) is 23.3. The average Bonchev–Trinajstić information content (AvgIpc) is 3.30. The van der Waals surface area contributed by atoms with Gasteiger partial charge in [0.15, 0.2) is 0 Å². The first-order chi connectivity index (χ1) is 13.5. The van der Waals surface area contributed by atoms with Crippen molar-refractivity contribution in [2.75, 3.05) is 31.1 Å². The monoisotopic (exact) mass is 383 g/mol. The Hall–Kier alpha value is -3.27. The molecule has 146 valence electrons. The highest BCUT2D eigenvalue weighted by Gasteiger charge is 2.28. The van der Waals surface area contributed by atoms with Gasteiger partial charge in [0.05, 0.1) is 6.54 Å². The lowest BCUT2D eigenvalue weighted by Gasteiger charge is -2.34. The number of hydrogen-bond acceptors (Lipinski definition) is 8. The molecule has 10 heteroatoms. The minimum atomic E-state index is -0.438. The number of imidazole rings is 1. The van der Waals surface area contributed by atoms with Crippen LogP contribution in [0.4, 0.5) is 11.6 Å². The van der Waals surface area contributed by atoms with Crippen LogP contribution >= 0.6 is 0 Å². The number of nitrogens with zero attached hydrogens (tertiary/aromatic N) is 7. The van der Waals surface area contributed by atoms with Crippen LogP contribution in [0.25, 0.3) is 11.4 Å². The molecule has 3 heterocycles. The molecule has 0 saturated carbocycles. The van der Waals surface area contributed by atoms with Crippen LogP contribution in [-0.4, -0.2) is 55.7 Å². The lowest BCUT2D eigenvalue weighted by Crippen LogP contribution is -2.46. The number of nitro groups is 1. The third-order valence-corrected chi connectivity index (χ3v) is 4.87. The van der Waals surface area contributed by atoms with Gasteiger partial charge in [-0.1, -0.05) is 35.0 Å². The molecule has 1 fully saturated rings. The molecule has 3 aromatic rings. The molecule has 1 aliphatic rings. The molecule has 10 nitrogen and oxygen atoms in total. The molecule has 4 rings (SSSR count). The zero-order valence-corrected chi connectivity index (χ0v) is 15.8. The van der Waals surface area contributed by atoms with Gasteiger partial charge in [0.1, 0.15) is 0 Å². The quantitative estimate of drug-likeness (QED) is 0.486. The normalized spacial score (nSPS) is 15.1. The molecule has 0 N–H and O–H groups in total. The van der Waals surface area contributed by atoms with E-state index in [-0.39, 0.29) is 5.82 Å². The summed E-state index contributed by atoms with van der Waals surface area (Å²) in [5.74, 6) is 1.59. The second-order valence-electron chi connectivity index (χ2n) is 6.90. The maximum atomic E-state index is 11.2. The van der Waals surface area contributed by atoms with Crippen molar-refractivity contribution in [2.24, 2.45) is 7.05 Å². The van der Waals surface area contributed by atoms with Crippen LogP contribution in [0.2, 0.25) is 0 Å². The minimum absolute atomic E-state index is 0.101. The maximum absolute atomic E-state index is 11.2. The summed E-state index contributed by atoms with van der Waals surface area (Å²) >= 11 is 0. The van der Waals surface area contributed by atoms with Gasteiger partial charge in [-0.2, -0.15) is 4.98 Å². The van der Waals surface area contributed by atoms with Gasteiger partial charge >= 0.3 is 5.82 Å². The van der Waals surface area contributed by atoms with Gasteiger partial charge in [-0.05, 0) is 16.8 Å². The van der Waals surface area contributed by atoms with Crippen molar-refractivity contribution in [3.63, 3.8) is 0 Å². The topological polar surface area (TPSA) is 106 Å². The van der Waals surface area contributed by atoms with Crippen LogP contribution in [0.15, 0.2) is 35.1 Å². The molecule has 2 aromatic heterocycles. The molecule has 28 heavy (non-hydrogen) atoms. The molecular weight excluding hydrogens is 362 g/mol. The third kappa shape index (κ3) is 3.58. The van der Waals surface area contributed by atoms with Gasteiger partial charge < -0.3 is 19.5 Å². The lowest BCUT2D eigenvalue weighted by atomic mass is 10.1. The SMILES string of the molecule is Cc1ccc(-c2noc(CN3CCN(c4c([N+](=O)[O-])ncn4C)CC3)n2)cc1. The highest BCUT2D eigenvalue weighted by molar-refractivity contribution is 5.55. The summed E-state index contributed by atoms with van der Waals surface area (Å²) in [5, 5.41) is 15.3. The number of anilines is 1. The van der Waals surface area contributed by atoms with Crippen LogP contribution in [-0.2, 0) is 13.6 Å². The molecule has 0 spiro atoms. The average molecular weight is 383 g/mol. The molecule has 1 aromatic carbocycles. The first-order valence-corrected chi connectivity index (χ1v) is 9.04. The van der Waals surface area contributed by atoms with Crippen molar-refractivity contribution in [3.8, 4) is 11.4 Å². The Kier molecular flexibility index (Phi) is 4.78.